The molecule has 0 aliphatic heterocycles. The third-order valence-corrected chi connectivity index (χ3v) is 12.4. The van der Waals surface area contributed by atoms with Crippen LogP contribution in [-0.2, 0) is 9.16 Å². The van der Waals surface area contributed by atoms with Crippen LogP contribution in [0.4, 0.5) is 0 Å². The molecule has 2 aromatic rings. The maximum atomic E-state index is 6.99. The molecule has 2 nitrogen and oxygen atoms in total. The standard InChI is InChI=1S/C35H54O2Si/c1-5-6-7-8-11-14-23-30-36-31-24-15-12-9-10-13-16-25-32-37-38(35(2,3)4,33-26-19-17-20-27-33)34-28-21-18-22-29-34/h17-22,26-29H,5-11,13-14,16,23-25,30-32H2,1-4H3. The zero-order chi connectivity index (χ0) is 27.4. The van der Waals surface area contributed by atoms with E-state index in [9.17, 15) is 0 Å². The van der Waals surface area contributed by atoms with Crippen LogP contribution in [0.2, 0.25) is 5.04 Å². The Labute approximate surface area is 236 Å². The van der Waals surface area contributed by atoms with E-state index in [-0.39, 0.29) is 5.04 Å². The van der Waals surface area contributed by atoms with Crippen molar-refractivity contribution in [2.45, 2.75) is 116 Å². The lowest BCUT2D eigenvalue weighted by Gasteiger charge is -2.43. The Bertz CT molecular complexity index is 853. The molecule has 0 aliphatic carbocycles. The second-order valence-electron chi connectivity index (χ2n) is 11.5. The lowest BCUT2D eigenvalue weighted by molar-refractivity contribution is 0.135. The van der Waals surface area contributed by atoms with Gasteiger partial charge in [-0.25, -0.2) is 0 Å². The normalized spacial score (nSPS) is 11.8. The molecule has 0 spiro atoms. The summed E-state index contributed by atoms with van der Waals surface area (Å²) in [6.45, 7) is 11.8. The predicted molar refractivity (Wildman–Crippen MR) is 168 cm³/mol. The molecule has 0 unspecified atom stereocenters. The first-order chi connectivity index (χ1) is 18.5. The molecule has 0 aliphatic rings. The first-order valence-electron chi connectivity index (χ1n) is 15.3. The summed E-state index contributed by atoms with van der Waals surface area (Å²) < 4.78 is 12.7. The number of unbranched alkanes of at least 4 members (excludes halogenated alkanes) is 10. The molecule has 210 valence electrons. The van der Waals surface area contributed by atoms with Gasteiger partial charge in [0, 0.05) is 26.1 Å². The molecule has 2 aromatic carbocycles. The second-order valence-corrected chi connectivity index (χ2v) is 15.8. The highest BCUT2D eigenvalue weighted by Crippen LogP contribution is 2.36. The Morgan fingerprint density at radius 2 is 1.08 bits per heavy atom. The number of ether oxygens (including phenoxy) is 1. The van der Waals surface area contributed by atoms with Gasteiger partial charge in [-0.15, -0.1) is 11.8 Å². The molecule has 2 rings (SSSR count). The Morgan fingerprint density at radius 1 is 0.579 bits per heavy atom. The van der Waals surface area contributed by atoms with Gasteiger partial charge in [0.05, 0.1) is 6.61 Å². The zero-order valence-corrected chi connectivity index (χ0v) is 25.9. The Hall–Kier alpha value is -1.86. The third-order valence-electron chi connectivity index (χ3n) is 7.32. The first-order valence-corrected chi connectivity index (χ1v) is 17.2. The summed E-state index contributed by atoms with van der Waals surface area (Å²) in [5.41, 5.74) is 0. The van der Waals surface area contributed by atoms with Gasteiger partial charge in [-0.3, -0.25) is 0 Å². The van der Waals surface area contributed by atoms with Crippen molar-refractivity contribution in [1.82, 2.24) is 0 Å². The fraction of sp³-hybridized carbons (Fsp3) is 0.600. The fourth-order valence-electron chi connectivity index (χ4n) is 5.22. The molecular formula is C35H54O2Si. The zero-order valence-electron chi connectivity index (χ0n) is 24.9. The van der Waals surface area contributed by atoms with Crippen molar-refractivity contribution in [2.24, 2.45) is 0 Å². The highest BCUT2D eigenvalue weighted by molar-refractivity contribution is 6.99. The van der Waals surface area contributed by atoms with Crippen molar-refractivity contribution in [3.05, 3.63) is 60.7 Å². The summed E-state index contributed by atoms with van der Waals surface area (Å²) in [6.07, 6.45) is 15.9. The van der Waals surface area contributed by atoms with Gasteiger partial charge in [0.25, 0.3) is 8.32 Å². The van der Waals surface area contributed by atoms with Gasteiger partial charge < -0.3 is 9.16 Å². The Kier molecular flexibility index (Phi) is 16.4. The molecule has 0 fully saturated rings. The maximum Gasteiger partial charge on any atom is 0.261 e. The van der Waals surface area contributed by atoms with Crippen LogP contribution in [0.25, 0.3) is 0 Å². The van der Waals surface area contributed by atoms with Crippen LogP contribution in [0.5, 0.6) is 0 Å². The van der Waals surface area contributed by atoms with Gasteiger partial charge in [-0.1, -0.05) is 140 Å². The van der Waals surface area contributed by atoms with E-state index in [4.69, 9.17) is 9.16 Å². The quantitative estimate of drug-likeness (QED) is 0.102. The van der Waals surface area contributed by atoms with E-state index in [1.165, 1.54) is 74.6 Å². The molecule has 0 bridgehead atoms. The summed E-state index contributed by atoms with van der Waals surface area (Å²) >= 11 is 0. The van der Waals surface area contributed by atoms with Crippen molar-refractivity contribution in [3.8, 4) is 11.8 Å². The SMILES string of the molecule is CCCCCCCCCOCCC#CCCCCCCO[Si](c1ccccc1)(c1ccccc1)C(C)(C)C. The average Bonchev–Trinajstić information content (AvgIpc) is 2.92. The molecule has 0 aromatic heterocycles. The first kappa shape index (κ1) is 32.3. The minimum Gasteiger partial charge on any atom is -0.407 e. The largest absolute Gasteiger partial charge is 0.407 e. The summed E-state index contributed by atoms with van der Waals surface area (Å²) in [5.74, 6) is 6.63. The van der Waals surface area contributed by atoms with Gasteiger partial charge in [0.1, 0.15) is 0 Å². The smallest absolute Gasteiger partial charge is 0.261 e. The third kappa shape index (κ3) is 11.5. The highest BCUT2D eigenvalue weighted by Gasteiger charge is 2.49. The number of rotatable bonds is 19. The molecule has 0 saturated heterocycles. The monoisotopic (exact) mass is 534 g/mol. The number of hydrogen-bond acceptors (Lipinski definition) is 2. The number of hydrogen-bond donors (Lipinski definition) is 0. The molecule has 0 heterocycles. The predicted octanol–water partition coefficient (Wildman–Crippen LogP) is 8.67. The van der Waals surface area contributed by atoms with Gasteiger partial charge in [0.15, 0.2) is 0 Å². The van der Waals surface area contributed by atoms with Crippen LogP contribution in [-0.4, -0.2) is 28.1 Å². The van der Waals surface area contributed by atoms with Crippen molar-refractivity contribution in [3.63, 3.8) is 0 Å². The highest BCUT2D eigenvalue weighted by atomic mass is 28.4. The molecule has 0 atom stereocenters. The van der Waals surface area contributed by atoms with Gasteiger partial charge in [0.2, 0.25) is 0 Å². The van der Waals surface area contributed by atoms with Crippen LogP contribution in [0.1, 0.15) is 111 Å². The topological polar surface area (TPSA) is 18.5 Å². The Morgan fingerprint density at radius 3 is 1.66 bits per heavy atom. The summed E-state index contributed by atoms with van der Waals surface area (Å²) in [6, 6.07) is 21.9. The molecule has 0 saturated carbocycles. The van der Waals surface area contributed by atoms with E-state index < -0.39 is 8.32 Å². The van der Waals surface area contributed by atoms with Gasteiger partial charge in [-0.2, -0.15) is 0 Å². The molecule has 0 radical (unpaired) electrons. The van der Waals surface area contributed by atoms with Crippen LogP contribution in [0.15, 0.2) is 60.7 Å². The molecule has 38 heavy (non-hydrogen) atoms. The second kappa shape index (κ2) is 19.2. The summed E-state index contributed by atoms with van der Waals surface area (Å²) in [7, 11) is -2.40. The Balaban J connectivity index is 1.63. The lowest BCUT2D eigenvalue weighted by Crippen LogP contribution is -2.66. The molecular weight excluding hydrogens is 480 g/mol. The van der Waals surface area contributed by atoms with Crippen LogP contribution in [0, 0.1) is 11.8 Å². The minimum atomic E-state index is -2.40. The van der Waals surface area contributed by atoms with E-state index in [0.717, 1.165) is 39.1 Å². The van der Waals surface area contributed by atoms with Crippen LogP contribution >= 0.6 is 0 Å². The van der Waals surface area contributed by atoms with E-state index in [1.807, 2.05) is 0 Å². The molecule has 0 N–H and O–H groups in total. The van der Waals surface area contributed by atoms with Crippen LogP contribution < -0.4 is 10.4 Å². The van der Waals surface area contributed by atoms with Crippen molar-refractivity contribution < 1.29 is 9.16 Å². The van der Waals surface area contributed by atoms with Crippen molar-refractivity contribution in [2.75, 3.05) is 19.8 Å². The molecule has 0 amide bonds. The minimum absolute atomic E-state index is 0.0449. The van der Waals surface area contributed by atoms with Crippen molar-refractivity contribution >= 4 is 18.7 Å². The van der Waals surface area contributed by atoms with Gasteiger partial charge in [-0.05, 0) is 34.7 Å². The van der Waals surface area contributed by atoms with Crippen molar-refractivity contribution in [1.29, 1.82) is 0 Å². The summed E-state index contributed by atoms with van der Waals surface area (Å²) in [5, 5.41) is 2.77. The van der Waals surface area contributed by atoms with E-state index in [0.29, 0.717) is 0 Å². The van der Waals surface area contributed by atoms with Crippen LogP contribution in [0.3, 0.4) is 0 Å². The van der Waals surface area contributed by atoms with Gasteiger partial charge >= 0.3 is 0 Å². The fourth-order valence-corrected chi connectivity index (χ4v) is 9.83. The van der Waals surface area contributed by atoms with E-state index in [1.54, 1.807) is 0 Å². The maximum absolute atomic E-state index is 6.99. The summed E-state index contributed by atoms with van der Waals surface area (Å²) in [4.78, 5) is 0. The van der Waals surface area contributed by atoms with E-state index >= 15 is 0 Å². The van der Waals surface area contributed by atoms with E-state index in [2.05, 4.69) is 100 Å². The molecule has 3 heteroatoms. The lowest BCUT2D eigenvalue weighted by atomic mass is 10.1. The number of benzene rings is 2. The average molecular weight is 535 g/mol.